The number of ether oxygens (including phenoxy) is 1. The Morgan fingerprint density at radius 1 is 1.48 bits per heavy atom. The number of hydrogen-bond donors (Lipinski definition) is 2. The van der Waals surface area contributed by atoms with E-state index in [-0.39, 0.29) is 12.0 Å². The minimum Gasteiger partial charge on any atom is -0.495 e. The van der Waals surface area contributed by atoms with E-state index in [0.29, 0.717) is 35.8 Å². The Bertz CT molecular complexity index is 466. The molecule has 0 aliphatic carbocycles. The molecule has 0 saturated heterocycles. The summed E-state index contributed by atoms with van der Waals surface area (Å²) in [6.45, 7) is 3.14. The van der Waals surface area contributed by atoms with Crippen molar-refractivity contribution in [3.8, 4) is 5.75 Å². The molecule has 1 unspecified atom stereocenters. The molecule has 0 spiro atoms. The first-order valence-corrected chi connectivity index (χ1v) is 7.30. The zero-order chi connectivity index (χ0) is 15.8. The second-order valence-electron chi connectivity index (χ2n) is 5.08. The monoisotopic (exact) mass is 314 g/mol. The van der Waals surface area contributed by atoms with E-state index in [4.69, 9.17) is 16.3 Å². The highest BCUT2D eigenvalue weighted by Gasteiger charge is 2.10. The lowest BCUT2D eigenvalue weighted by Crippen LogP contribution is -2.27. The smallest absolute Gasteiger partial charge is 0.225 e. The largest absolute Gasteiger partial charge is 0.495 e. The fourth-order valence-corrected chi connectivity index (χ4v) is 1.97. The number of halogens is 1. The summed E-state index contributed by atoms with van der Waals surface area (Å²) in [5.74, 6) is 0.481. The van der Waals surface area contributed by atoms with E-state index in [9.17, 15) is 9.90 Å². The van der Waals surface area contributed by atoms with Gasteiger partial charge in [-0.25, -0.2) is 0 Å². The molecule has 5 nitrogen and oxygen atoms in total. The third-order valence-corrected chi connectivity index (χ3v) is 3.32. The quantitative estimate of drug-likeness (QED) is 0.773. The van der Waals surface area contributed by atoms with Gasteiger partial charge in [0.25, 0.3) is 0 Å². The number of aliphatic hydroxyl groups excluding tert-OH is 1. The highest BCUT2D eigenvalue weighted by atomic mass is 35.5. The van der Waals surface area contributed by atoms with Gasteiger partial charge >= 0.3 is 0 Å². The first kappa shape index (κ1) is 17.8. The molecule has 1 amide bonds. The molecule has 0 bridgehead atoms. The molecule has 0 aliphatic heterocycles. The summed E-state index contributed by atoms with van der Waals surface area (Å²) in [5, 5.41) is 12.6. The fraction of sp³-hybridized carbons (Fsp3) is 0.533. The van der Waals surface area contributed by atoms with Gasteiger partial charge < -0.3 is 20.1 Å². The predicted molar refractivity (Wildman–Crippen MR) is 85.0 cm³/mol. The lowest BCUT2D eigenvalue weighted by molar-refractivity contribution is -0.116. The SMILES string of the molecule is COc1ccc(Cl)cc1NC(=O)CCN(C)CCC(C)O. The Balaban J connectivity index is 2.45. The molecule has 6 heteroatoms. The van der Waals surface area contributed by atoms with Crippen LogP contribution < -0.4 is 10.1 Å². The summed E-state index contributed by atoms with van der Waals surface area (Å²) in [6, 6.07) is 5.09. The summed E-state index contributed by atoms with van der Waals surface area (Å²) < 4.78 is 5.18. The molecule has 0 saturated carbocycles. The molecule has 118 valence electrons. The van der Waals surface area contributed by atoms with Crippen molar-refractivity contribution in [2.24, 2.45) is 0 Å². The van der Waals surface area contributed by atoms with Crippen molar-refractivity contribution < 1.29 is 14.6 Å². The van der Waals surface area contributed by atoms with Crippen LogP contribution >= 0.6 is 11.6 Å². The Hall–Kier alpha value is -1.30. The van der Waals surface area contributed by atoms with Crippen LogP contribution in [0.4, 0.5) is 5.69 Å². The average molecular weight is 315 g/mol. The Labute approximate surface area is 130 Å². The van der Waals surface area contributed by atoms with Gasteiger partial charge in [-0.3, -0.25) is 4.79 Å². The zero-order valence-electron chi connectivity index (χ0n) is 12.7. The van der Waals surface area contributed by atoms with Crippen molar-refractivity contribution >= 4 is 23.2 Å². The molecule has 1 rings (SSSR count). The van der Waals surface area contributed by atoms with Gasteiger partial charge in [-0.2, -0.15) is 0 Å². The maximum absolute atomic E-state index is 11.9. The van der Waals surface area contributed by atoms with Crippen LogP contribution in [0.1, 0.15) is 19.8 Å². The number of nitrogens with zero attached hydrogens (tertiary/aromatic N) is 1. The maximum Gasteiger partial charge on any atom is 0.225 e. The van der Waals surface area contributed by atoms with Gasteiger partial charge in [-0.15, -0.1) is 0 Å². The van der Waals surface area contributed by atoms with Crippen LogP contribution in [-0.4, -0.2) is 49.3 Å². The van der Waals surface area contributed by atoms with Crippen LogP contribution in [0.15, 0.2) is 18.2 Å². The standard InChI is InChI=1S/C15H23ClN2O3/c1-11(19)6-8-18(2)9-7-15(20)17-13-10-12(16)4-5-14(13)21-3/h4-5,10-11,19H,6-9H2,1-3H3,(H,17,20). The topological polar surface area (TPSA) is 61.8 Å². The van der Waals surface area contributed by atoms with E-state index >= 15 is 0 Å². The number of aliphatic hydroxyl groups is 1. The average Bonchev–Trinajstić information content (AvgIpc) is 2.43. The molecule has 0 fully saturated rings. The van der Waals surface area contributed by atoms with Gasteiger partial charge in [-0.05, 0) is 38.6 Å². The molecule has 1 aromatic rings. The second kappa shape index (κ2) is 8.87. The molecule has 2 N–H and O–H groups in total. The molecular weight excluding hydrogens is 292 g/mol. The number of methoxy groups -OCH3 is 1. The van der Waals surface area contributed by atoms with Crippen molar-refractivity contribution in [1.82, 2.24) is 4.90 Å². The molecule has 1 aromatic carbocycles. The van der Waals surface area contributed by atoms with E-state index in [2.05, 4.69) is 5.32 Å². The lowest BCUT2D eigenvalue weighted by atomic mass is 10.2. The third-order valence-electron chi connectivity index (χ3n) is 3.08. The summed E-state index contributed by atoms with van der Waals surface area (Å²) in [5.41, 5.74) is 0.571. The number of hydrogen-bond acceptors (Lipinski definition) is 4. The number of rotatable bonds is 8. The van der Waals surface area contributed by atoms with Gasteiger partial charge in [0.2, 0.25) is 5.91 Å². The highest BCUT2D eigenvalue weighted by Crippen LogP contribution is 2.27. The van der Waals surface area contributed by atoms with Crippen LogP contribution in [0.25, 0.3) is 0 Å². The fourth-order valence-electron chi connectivity index (χ4n) is 1.80. The number of benzene rings is 1. The second-order valence-corrected chi connectivity index (χ2v) is 5.52. The van der Waals surface area contributed by atoms with Crippen molar-refractivity contribution in [2.75, 3.05) is 32.6 Å². The Kier molecular flexibility index (Phi) is 7.50. The van der Waals surface area contributed by atoms with Crippen molar-refractivity contribution in [3.05, 3.63) is 23.2 Å². The van der Waals surface area contributed by atoms with E-state index in [1.54, 1.807) is 32.2 Å². The van der Waals surface area contributed by atoms with Crippen molar-refractivity contribution in [1.29, 1.82) is 0 Å². The molecule has 21 heavy (non-hydrogen) atoms. The minimum absolute atomic E-state index is 0.0977. The third kappa shape index (κ3) is 6.80. The number of anilines is 1. The summed E-state index contributed by atoms with van der Waals surface area (Å²) in [4.78, 5) is 14.0. The van der Waals surface area contributed by atoms with Gasteiger partial charge in [-0.1, -0.05) is 11.6 Å². The van der Waals surface area contributed by atoms with Crippen LogP contribution in [0.5, 0.6) is 5.75 Å². The molecule has 0 aliphatic rings. The first-order valence-electron chi connectivity index (χ1n) is 6.92. The Morgan fingerprint density at radius 3 is 2.81 bits per heavy atom. The van der Waals surface area contributed by atoms with E-state index in [0.717, 1.165) is 6.54 Å². The van der Waals surface area contributed by atoms with Crippen LogP contribution in [-0.2, 0) is 4.79 Å². The summed E-state index contributed by atoms with van der Waals surface area (Å²) in [7, 11) is 3.47. The van der Waals surface area contributed by atoms with Crippen molar-refractivity contribution in [2.45, 2.75) is 25.9 Å². The highest BCUT2D eigenvalue weighted by molar-refractivity contribution is 6.31. The number of nitrogens with one attached hydrogen (secondary N) is 1. The lowest BCUT2D eigenvalue weighted by Gasteiger charge is -2.17. The number of carbonyl (C=O) groups is 1. The van der Waals surface area contributed by atoms with Crippen molar-refractivity contribution in [3.63, 3.8) is 0 Å². The summed E-state index contributed by atoms with van der Waals surface area (Å²) >= 11 is 5.92. The first-order chi connectivity index (χ1) is 9.92. The number of amides is 1. The molecule has 1 atom stereocenters. The van der Waals surface area contributed by atoms with E-state index in [1.807, 2.05) is 11.9 Å². The van der Waals surface area contributed by atoms with E-state index in [1.165, 1.54) is 0 Å². The molecule has 0 aromatic heterocycles. The predicted octanol–water partition coefficient (Wildman–Crippen LogP) is 2.38. The van der Waals surface area contributed by atoms with Gasteiger partial charge in [0.15, 0.2) is 0 Å². The van der Waals surface area contributed by atoms with Crippen LogP contribution in [0, 0.1) is 0 Å². The van der Waals surface area contributed by atoms with E-state index < -0.39 is 0 Å². The maximum atomic E-state index is 11.9. The van der Waals surface area contributed by atoms with Crippen LogP contribution in [0.2, 0.25) is 5.02 Å². The zero-order valence-corrected chi connectivity index (χ0v) is 13.5. The Morgan fingerprint density at radius 2 is 2.19 bits per heavy atom. The van der Waals surface area contributed by atoms with Gasteiger partial charge in [0, 0.05) is 24.5 Å². The minimum atomic E-state index is -0.322. The molecule has 0 heterocycles. The normalized spacial score (nSPS) is 12.3. The van der Waals surface area contributed by atoms with Gasteiger partial charge in [0.05, 0.1) is 18.9 Å². The van der Waals surface area contributed by atoms with Crippen LogP contribution in [0.3, 0.4) is 0 Å². The molecule has 0 radical (unpaired) electrons. The number of carbonyl (C=O) groups excluding carboxylic acids is 1. The van der Waals surface area contributed by atoms with Gasteiger partial charge in [0.1, 0.15) is 5.75 Å². The summed E-state index contributed by atoms with van der Waals surface area (Å²) in [6.07, 6.45) is 0.739. The molecular formula is C15H23ClN2O3.